The lowest BCUT2D eigenvalue weighted by Crippen LogP contribution is -2.06. The summed E-state index contributed by atoms with van der Waals surface area (Å²) in [5, 5.41) is 2.89. The second kappa shape index (κ2) is 6.55. The predicted molar refractivity (Wildman–Crippen MR) is 94.3 cm³/mol. The maximum atomic E-state index is 13.7. The average Bonchev–Trinajstić information content (AvgIpc) is 3.05. The van der Waals surface area contributed by atoms with Gasteiger partial charge in [-0.15, -0.1) is 0 Å². The highest BCUT2D eigenvalue weighted by molar-refractivity contribution is 7.23. The van der Waals surface area contributed by atoms with Crippen molar-refractivity contribution >= 4 is 37.7 Å². The third kappa shape index (κ3) is 3.19. The van der Waals surface area contributed by atoms with E-state index in [-0.39, 0.29) is 38.4 Å². The largest absolute Gasteiger partial charge is 0.421 e. The molecule has 2 heterocycles. The highest BCUT2D eigenvalue weighted by Gasteiger charge is 2.31. The fourth-order valence-corrected chi connectivity index (χ4v) is 3.67. The smallest absolute Gasteiger partial charge is 0.416 e. The molecule has 4 aromatic rings. The van der Waals surface area contributed by atoms with E-state index in [4.69, 9.17) is 4.42 Å². The number of thiazole rings is 1. The van der Waals surface area contributed by atoms with Gasteiger partial charge in [0.2, 0.25) is 0 Å². The average molecular weight is 412 g/mol. The lowest BCUT2D eigenvalue weighted by molar-refractivity contribution is -0.137. The summed E-state index contributed by atoms with van der Waals surface area (Å²) >= 11 is 0.897. The van der Waals surface area contributed by atoms with Gasteiger partial charge in [-0.2, -0.15) is 13.2 Å². The zero-order chi connectivity index (χ0) is 20.1. The molecule has 1 N–H and O–H groups in total. The molecule has 0 saturated carbocycles. The van der Waals surface area contributed by atoms with Crippen LogP contribution in [0.5, 0.6) is 0 Å². The maximum Gasteiger partial charge on any atom is 0.416 e. The number of fused-ring (bicyclic) bond motifs is 3. The number of alkyl halides is 3. The highest BCUT2D eigenvalue weighted by atomic mass is 32.1. The molecule has 10 heteroatoms. The fraction of sp³-hybridized carbons (Fsp3) is 0.111. The summed E-state index contributed by atoms with van der Waals surface area (Å²) in [5.41, 5.74) is -2.11. The first-order valence-corrected chi connectivity index (χ1v) is 8.67. The van der Waals surface area contributed by atoms with E-state index in [1.54, 1.807) is 0 Å². The van der Waals surface area contributed by atoms with Crippen molar-refractivity contribution in [3.05, 3.63) is 69.6 Å². The minimum atomic E-state index is -4.56. The Hall–Kier alpha value is -3.01. The molecule has 0 amide bonds. The zero-order valence-electron chi connectivity index (χ0n) is 13.7. The summed E-state index contributed by atoms with van der Waals surface area (Å²) in [7, 11) is 0. The van der Waals surface area contributed by atoms with Crippen LogP contribution in [-0.4, -0.2) is 4.98 Å². The molecule has 0 atom stereocenters. The Balaban J connectivity index is 1.78. The Bertz CT molecular complexity index is 1240. The van der Waals surface area contributed by atoms with Crippen LogP contribution in [0.1, 0.15) is 11.1 Å². The topological polar surface area (TPSA) is 55.1 Å². The van der Waals surface area contributed by atoms with Crippen LogP contribution in [0.3, 0.4) is 0 Å². The van der Waals surface area contributed by atoms with E-state index in [1.165, 1.54) is 6.07 Å². The molecule has 2 aromatic carbocycles. The Labute approximate surface area is 157 Å². The van der Waals surface area contributed by atoms with Crippen molar-refractivity contribution in [2.24, 2.45) is 0 Å². The fourth-order valence-electron chi connectivity index (χ4n) is 2.70. The Kier molecular flexibility index (Phi) is 4.30. The third-order valence-corrected chi connectivity index (χ3v) is 5.10. The van der Waals surface area contributed by atoms with Crippen LogP contribution in [0.4, 0.5) is 27.1 Å². The molecule has 0 saturated heterocycles. The number of nitrogens with one attached hydrogen (secondary N) is 1. The van der Waals surface area contributed by atoms with Crippen molar-refractivity contribution in [3.8, 4) is 0 Å². The SMILES string of the molecule is O=c1oc2ccc(C(F)(F)F)cc2c2sc(NCc3c(F)cccc3F)nc12. The molecule has 0 radical (unpaired) electrons. The summed E-state index contributed by atoms with van der Waals surface area (Å²) in [6, 6.07) is 6.18. The number of rotatable bonds is 3. The van der Waals surface area contributed by atoms with Gasteiger partial charge < -0.3 is 9.73 Å². The minimum Gasteiger partial charge on any atom is -0.421 e. The Morgan fingerprint density at radius 1 is 1.11 bits per heavy atom. The van der Waals surface area contributed by atoms with Crippen molar-refractivity contribution in [1.29, 1.82) is 0 Å². The van der Waals surface area contributed by atoms with Gasteiger partial charge in [0.25, 0.3) is 0 Å². The van der Waals surface area contributed by atoms with E-state index in [1.807, 2.05) is 0 Å². The van der Waals surface area contributed by atoms with Crippen LogP contribution in [0.25, 0.3) is 21.2 Å². The van der Waals surface area contributed by atoms with Crippen molar-refractivity contribution in [1.82, 2.24) is 4.98 Å². The van der Waals surface area contributed by atoms with Crippen LogP contribution < -0.4 is 10.9 Å². The molecular formula is C18H9F5N2O2S. The zero-order valence-corrected chi connectivity index (χ0v) is 14.5. The molecule has 2 aromatic heterocycles. The summed E-state index contributed by atoms with van der Waals surface area (Å²) in [4.78, 5) is 16.1. The second-order valence-corrected chi connectivity index (χ2v) is 6.85. The molecule has 28 heavy (non-hydrogen) atoms. The molecular weight excluding hydrogens is 403 g/mol. The van der Waals surface area contributed by atoms with Crippen molar-refractivity contribution in [3.63, 3.8) is 0 Å². The second-order valence-electron chi connectivity index (χ2n) is 5.85. The highest BCUT2D eigenvalue weighted by Crippen LogP contribution is 2.36. The normalized spacial score (nSPS) is 12.0. The van der Waals surface area contributed by atoms with Crippen LogP contribution in [-0.2, 0) is 12.7 Å². The predicted octanol–water partition coefficient (Wildman–Crippen LogP) is 5.31. The molecule has 0 aliphatic carbocycles. The van der Waals surface area contributed by atoms with Crippen LogP contribution in [0, 0.1) is 11.6 Å². The number of halogens is 5. The summed E-state index contributed by atoms with van der Waals surface area (Å²) in [5.74, 6) is -1.51. The van der Waals surface area contributed by atoms with Crippen molar-refractivity contribution < 1.29 is 26.4 Å². The summed E-state index contributed by atoms with van der Waals surface area (Å²) in [6.07, 6.45) is -4.56. The van der Waals surface area contributed by atoms with Gasteiger partial charge in [-0.1, -0.05) is 17.4 Å². The number of hydrogen-bond acceptors (Lipinski definition) is 5. The van der Waals surface area contributed by atoms with E-state index in [2.05, 4.69) is 10.3 Å². The van der Waals surface area contributed by atoms with Crippen LogP contribution in [0.2, 0.25) is 0 Å². The third-order valence-electron chi connectivity index (χ3n) is 4.05. The first-order valence-electron chi connectivity index (χ1n) is 7.85. The first-order chi connectivity index (χ1) is 13.2. The maximum absolute atomic E-state index is 13.7. The quantitative estimate of drug-likeness (QED) is 0.366. The molecule has 0 spiro atoms. The van der Waals surface area contributed by atoms with Crippen LogP contribution in [0.15, 0.2) is 45.6 Å². The van der Waals surface area contributed by atoms with Gasteiger partial charge in [-0.05, 0) is 30.3 Å². The van der Waals surface area contributed by atoms with Crippen molar-refractivity contribution in [2.75, 3.05) is 5.32 Å². The van der Waals surface area contributed by atoms with E-state index < -0.39 is 29.0 Å². The standard InChI is InChI=1S/C18H9F5N2O2S/c19-11-2-1-3-12(20)10(11)7-24-17-25-14-15(28-17)9-6-8(18(21,22)23)4-5-13(9)27-16(14)26/h1-6H,7H2,(H,24,25). The molecule has 4 rings (SSSR count). The molecule has 0 aliphatic rings. The van der Waals surface area contributed by atoms with E-state index >= 15 is 0 Å². The molecule has 144 valence electrons. The van der Waals surface area contributed by atoms with Gasteiger partial charge in [0, 0.05) is 17.5 Å². The van der Waals surface area contributed by atoms with Gasteiger partial charge in [0.05, 0.1) is 10.3 Å². The number of aromatic nitrogens is 1. The van der Waals surface area contributed by atoms with Crippen LogP contribution >= 0.6 is 11.3 Å². The Morgan fingerprint density at radius 3 is 2.50 bits per heavy atom. The van der Waals surface area contributed by atoms with E-state index in [0.717, 1.165) is 41.7 Å². The van der Waals surface area contributed by atoms with Gasteiger partial charge in [0.1, 0.15) is 17.2 Å². The lowest BCUT2D eigenvalue weighted by Gasteiger charge is -2.07. The minimum absolute atomic E-state index is 0.0131. The molecule has 0 fully saturated rings. The molecule has 4 nitrogen and oxygen atoms in total. The summed E-state index contributed by atoms with van der Waals surface area (Å²) < 4.78 is 71.6. The first kappa shape index (κ1) is 18.4. The number of benzene rings is 2. The van der Waals surface area contributed by atoms with Crippen molar-refractivity contribution in [2.45, 2.75) is 12.7 Å². The van der Waals surface area contributed by atoms with E-state index in [0.29, 0.717) is 0 Å². The number of hydrogen-bond donors (Lipinski definition) is 1. The van der Waals surface area contributed by atoms with Gasteiger partial charge in [0.15, 0.2) is 10.6 Å². The number of nitrogens with zero attached hydrogens (tertiary/aromatic N) is 1. The van der Waals surface area contributed by atoms with Gasteiger partial charge in [-0.25, -0.2) is 18.6 Å². The molecule has 0 aliphatic heterocycles. The summed E-state index contributed by atoms with van der Waals surface area (Å²) in [6.45, 7) is -0.255. The van der Waals surface area contributed by atoms with Gasteiger partial charge >= 0.3 is 11.8 Å². The van der Waals surface area contributed by atoms with E-state index in [9.17, 15) is 26.7 Å². The number of anilines is 1. The monoisotopic (exact) mass is 412 g/mol. The molecule has 0 unspecified atom stereocenters. The molecule has 0 bridgehead atoms. The Morgan fingerprint density at radius 2 is 1.82 bits per heavy atom. The lowest BCUT2D eigenvalue weighted by atomic mass is 10.1. The van der Waals surface area contributed by atoms with Gasteiger partial charge in [-0.3, -0.25) is 0 Å².